The normalized spacial score (nSPS) is 28.2. The fourth-order valence-electron chi connectivity index (χ4n) is 7.41. The molecule has 0 saturated heterocycles. The van der Waals surface area contributed by atoms with Crippen LogP contribution >= 0.6 is 7.26 Å². The minimum absolute atomic E-state index is 0.0174. The molecule has 13 heteroatoms. The van der Waals surface area contributed by atoms with Crippen LogP contribution in [0.3, 0.4) is 0 Å². The topological polar surface area (TPSA) is 211 Å². The Kier molecular flexibility index (Phi) is 10.1. The summed E-state index contributed by atoms with van der Waals surface area (Å²) in [5.74, 6) is -9.98. The fourth-order valence-corrected chi connectivity index (χ4v) is 8.72. The number of primary amides is 1. The number of hydrogen-bond donors (Lipinski definition) is 7. The van der Waals surface area contributed by atoms with Crippen molar-refractivity contribution in [2.24, 2.45) is 17.6 Å². The van der Waals surface area contributed by atoms with Crippen molar-refractivity contribution in [2.75, 3.05) is 45.6 Å². The molecule has 0 spiro atoms. The van der Waals surface area contributed by atoms with Crippen LogP contribution in [-0.4, -0.2) is 112 Å². The number of benzene rings is 1. The van der Waals surface area contributed by atoms with E-state index in [0.717, 1.165) is 19.3 Å². The van der Waals surface area contributed by atoms with E-state index in [4.69, 9.17) is 5.73 Å². The number of unbranched alkanes of at least 4 members (excludes halogenated alkanes) is 4. The number of ketones is 2. The number of aromatic hydroxyl groups is 1. The third kappa shape index (κ3) is 6.08. The fraction of sp³-hybridized carbons (Fsp3) is 0.576. The van der Waals surface area contributed by atoms with Crippen molar-refractivity contribution in [3.63, 3.8) is 0 Å². The molecule has 1 aromatic carbocycles. The van der Waals surface area contributed by atoms with Gasteiger partial charge in [0.25, 0.3) is 5.91 Å². The molecule has 1 aromatic rings. The molecule has 0 unspecified atom stereocenters. The van der Waals surface area contributed by atoms with Gasteiger partial charge in [-0.15, -0.1) is 0 Å². The number of aliphatic hydroxyl groups is 4. The van der Waals surface area contributed by atoms with Gasteiger partial charge in [-0.2, -0.15) is 0 Å². The molecule has 0 aliphatic heterocycles. The summed E-state index contributed by atoms with van der Waals surface area (Å²) in [6, 6.07) is 1.68. The SMILES string of the molecule is C[C@H]1c2ccc(NC(=O)CCCCCCC[PH](C)(C)C)c(O)c2C(=O)C2=C(O)[C@]3(O)C(=O)C(C(N)=O)=C(O)[C@@H](N(C)C)[C@@H]3[C@@H](O)[C@@H]21. The van der Waals surface area contributed by atoms with Crippen LogP contribution in [0.2, 0.25) is 0 Å². The molecular weight excluding hydrogens is 613 g/mol. The van der Waals surface area contributed by atoms with E-state index < -0.39 is 88.7 Å². The standard InChI is InChI=1S/C33H48N3O9P/c1-16-17-13-14-18(35-19(37)12-10-8-7-9-11-15-46(4,5)6)26(38)21(17)27(39)22-20(16)28(40)24-25(36(2)3)29(41)23(32(34)44)31(43)33(24,45)30(22)42/h13-14,16,20,24-25,28,38,40-42,45-46H,7-12,15H2,1-6H3,(H2,34,44)(H,35,37)/t16-,20+,24+,25-,28-,33-/m0/s1. The number of Topliss-reactive ketones (excluding diaryl/α,β-unsaturated/α-hetero) is 2. The van der Waals surface area contributed by atoms with Gasteiger partial charge in [-0.3, -0.25) is 19.3 Å². The molecule has 12 nitrogen and oxygen atoms in total. The maximum absolute atomic E-state index is 14.0. The van der Waals surface area contributed by atoms with Crippen LogP contribution in [0.15, 0.2) is 34.8 Å². The van der Waals surface area contributed by atoms with Crippen LogP contribution in [0, 0.1) is 11.8 Å². The van der Waals surface area contributed by atoms with E-state index in [1.807, 2.05) is 0 Å². The summed E-state index contributed by atoms with van der Waals surface area (Å²) in [5, 5.41) is 59.8. The van der Waals surface area contributed by atoms with E-state index >= 15 is 0 Å². The van der Waals surface area contributed by atoms with Gasteiger partial charge in [0.2, 0.25) is 5.78 Å². The third-order valence-electron chi connectivity index (χ3n) is 9.74. The maximum atomic E-state index is 14.0. The molecule has 0 aromatic heterocycles. The summed E-state index contributed by atoms with van der Waals surface area (Å²) in [6.45, 7) is 8.69. The van der Waals surface area contributed by atoms with Crippen molar-refractivity contribution in [3.8, 4) is 5.75 Å². The summed E-state index contributed by atoms with van der Waals surface area (Å²) >= 11 is 0. The number of rotatable bonds is 11. The number of amides is 2. The third-order valence-corrected chi connectivity index (χ3v) is 11.6. The summed E-state index contributed by atoms with van der Waals surface area (Å²) in [5.41, 5.74) is 0.978. The average molecular weight is 662 g/mol. The van der Waals surface area contributed by atoms with Crippen LogP contribution in [0.5, 0.6) is 5.75 Å². The molecule has 0 saturated carbocycles. The number of phenols is 1. The minimum Gasteiger partial charge on any atom is -0.510 e. The summed E-state index contributed by atoms with van der Waals surface area (Å²) in [4.78, 5) is 53.8. The van der Waals surface area contributed by atoms with Crippen molar-refractivity contribution >= 4 is 36.3 Å². The Hall–Kier alpha value is -3.31. The molecule has 3 aliphatic rings. The van der Waals surface area contributed by atoms with Crippen LogP contribution in [-0.2, 0) is 14.4 Å². The molecule has 0 bridgehead atoms. The number of carbonyl (C=O) groups is 4. The van der Waals surface area contributed by atoms with Crippen molar-refractivity contribution in [2.45, 2.75) is 69.1 Å². The number of fused-ring (bicyclic) bond motifs is 3. The number of phenolic OH excluding ortho intramolecular Hbond substituents is 1. The first-order valence-corrected chi connectivity index (χ1v) is 19.6. The second-order valence-electron chi connectivity index (χ2n) is 14.4. The van der Waals surface area contributed by atoms with Crippen molar-refractivity contribution < 1.29 is 44.7 Å². The van der Waals surface area contributed by atoms with Crippen LogP contribution in [0.25, 0.3) is 0 Å². The Labute approximate surface area is 269 Å². The average Bonchev–Trinajstić information content (AvgIpc) is 2.94. The van der Waals surface area contributed by atoms with Crippen molar-refractivity contribution in [1.29, 1.82) is 0 Å². The van der Waals surface area contributed by atoms with Gasteiger partial charge in [-0.25, -0.2) is 0 Å². The van der Waals surface area contributed by atoms with Gasteiger partial charge >= 0.3 is 122 Å². The zero-order chi connectivity index (χ0) is 34.5. The predicted octanol–water partition coefficient (Wildman–Crippen LogP) is 2.57. The first-order chi connectivity index (χ1) is 21.4. The minimum atomic E-state index is -2.99. The van der Waals surface area contributed by atoms with Gasteiger partial charge in [-0.05, 0) is 25.6 Å². The number of aliphatic hydroxyl groups excluding tert-OH is 3. The molecule has 3 aliphatic carbocycles. The van der Waals surface area contributed by atoms with Gasteiger partial charge < -0.3 is 26.2 Å². The number of hydrogen-bond acceptors (Lipinski definition) is 10. The molecule has 46 heavy (non-hydrogen) atoms. The first-order valence-electron chi connectivity index (χ1n) is 15.8. The van der Waals surface area contributed by atoms with Crippen molar-refractivity contribution in [3.05, 3.63) is 45.9 Å². The molecule has 6 atom stereocenters. The number of nitrogens with two attached hydrogens (primary N) is 1. The molecule has 4 rings (SSSR count). The van der Waals surface area contributed by atoms with Gasteiger partial charge in [0.15, 0.2) is 11.4 Å². The van der Waals surface area contributed by atoms with Crippen LogP contribution in [0.4, 0.5) is 5.69 Å². The second kappa shape index (κ2) is 13.1. The molecule has 0 heterocycles. The quantitative estimate of drug-likeness (QED) is 0.0797. The number of likely N-dealkylation sites (N-methyl/N-ethyl adjacent to an activating group) is 1. The second-order valence-corrected chi connectivity index (χ2v) is 20.0. The molecule has 254 valence electrons. The molecular formula is C33H48N3O9P. The van der Waals surface area contributed by atoms with E-state index in [-0.39, 0.29) is 23.6 Å². The first kappa shape index (κ1) is 35.5. The summed E-state index contributed by atoms with van der Waals surface area (Å²) in [7, 11) is 1.90. The van der Waals surface area contributed by atoms with E-state index in [1.54, 1.807) is 13.0 Å². The monoisotopic (exact) mass is 661 g/mol. The smallest absolute Gasteiger partial charge is 0.510 e. The Balaban J connectivity index is 1.63. The van der Waals surface area contributed by atoms with Crippen LogP contribution < -0.4 is 11.1 Å². The predicted molar refractivity (Wildman–Crippen MR) is 177 cm³/mol. The Morgan fingerprint density at radius 1 is 1.02 bits per heavy atom. The number of anilines is 1. The van der Waals surface area contributed by atoms with E-state index in [0.29, 0.717) is 12.0 Å². The zero-order valence-electron chi connectivity index (χ0n) is 27.4. The molecule has 2 amide bonds. The van der Waals surface area contributed by atoms with Gasteiger partial charge in [0.1, 0.15) is 17.1 Å². The van der Waals surface area contributed by atoms with Crippen LogP contribution in [0.1, 0.15) is 67.3 Å². The molecule has 8 N–H and O–H groups in total. The molecule has 0 fully saturated rings. The molecule has 0 radical (unpaired) electrons. The number of nitrogens with one attached hydrogen (secondary N) is 1. The number of nitrogens with zero attached hydrogens (tertiary/aromatic N) is 1. The summed E-state index contributed by atoms with van der Waals surface area (Å²) in [6.07, 6.45) is 4.72. The van der Waals surface area contributed by atoms with Gasteiger partial charge in [0, 0.05) is 11.5 Å². The van der Waals surface area contributed by atoms with E-state index in [1.165, 1.54) is 37.6 Å². The Morgan fingerprint density at radius 2 is 1.63 bits per heavy atom. The van der Waals surface area contributed by atoms with Gasteiger partial charge in [0.05, 0.1) is 18.1 Å². The Bertz CT molecular complexity index is 1510. The van der Waals surface area contributed by atoms with E-state index in [2.05, 4.69) is 25.3 Å². The van der Waals surface area contributed by atoms with E-state index in [9.17, 15) is 44.7 Å². The zero-order valence-corrected chi connectivity index (χ0v) is 28.4. The summed E-state index contributed by atoms with van der Waals surface area (Å²) < 4.78 is 0. The number of carbonyl (C=O) groups excluding carboxylic acids is 4. The van der Waals surface area contributed by atoms with Gasteiger partial charge in [-0.1, -0.05) is 6.92 Å². The Morgan fingerprint density at radius 3 is 2.22 bits per heavy atom. The van der Waals surface area contributed by atoms with Crippen molar-refractivity contribution in [1.82, 2.24) is 4.90 Å².